The number of nitrogen functional groups attached to an aromatic ring is 1. The molecular weight excluding hydrogens is 338 g/mol. The molecule has 1 aliphatic rings. The first-order valence-corrected chi connectivity index (χ1v) is 8.76. The molecule has 3 N–H and O–H groups in total. The smallest absolute Gasteiger partial charge is 0.219 e. The minimum atomic E-state index is 0.164. The number of piperidine rings is 1. The molecule has 3 heterocycles. The van der Waals surface area contributed by atoms with Crippen LogP contribution in [0.2, 0.25) is 5.02 Å². The van der Waals surface area contributed by atoms with Gasteiger partial charge >= 0.3 is 0 Å². The van der Waals surface area contributed by atoms with Crippen molar-refractivity contribution in [1.29, 1.82) is 0 Å². The molecule has 0 radical (unpaired) electrons. The topological polar surface area (TPSA) is 84.1 Å². The maximum atomic E-state index is 11.4. The molecule has 1 aliphatic heterocycles. The third-order valence-corrected chi connectivity index (χ3v) is 4.88. The normalized spacial score (nSPS) is 15.2. The Kier molecular flexibility index (Phi) is 5.38. The number of halogens is 1. The lowest BCUT2D eigenvalue weighted by molar-refractivity contribution is -0.130. The number of hydrogen-bond donors (Lipinski definition) is 2. The van der Waals surface area contributed by atoms with Crippen LogP contribution in [0.1, 0.15) is 19.8 Å². The quantitative estimate of drug-likeness (QED) is 0.876. The van der Waals surface area contributed by atoms with Crippen LogP contribution in [-0.4, -0.2) is 40.4 Å². The van der Waals surface area contributed by atoms with Crippen LogP contribution in [0, 0.1) is 5.92 Å². The number of nitrogens with one attached hydrogen (secondary N) is 1. The Balaban J connectivity index is 1.63. The van der Waals surface area contributed by atoms with Crippen LogP contribution in [0.25, 0.3) is 11.1 Å². The largest absolute Gasteiger partial charge is 0.384 e. The van der Waals surface area contributed by atoms with Gasteiger partial charge in [0.2, 0.25) is 5.91 Å². The summed E-state index contributed by atoms with van der Waals surface area (Å²) in [6, 6.07) is 3.76. The first-order valence-electron chi connectivity index (χ1n) is 8.39. The van der Waals surface area contributed by atoms with Gasteiger partial charge in [0.05, 0.1) is 10.7 Å². The van der Waals surface area contributed by atoms with Crippen LogP contribution in [0.5, 0.6) is 0 Å². The molecule has 1 saturated heterocycles. The first-order chi connectivity index (χ1) is 12.0. The van der Waals surface area contributed by atoms with E-state index < -0.39 is 0 Å². The zero-order chi connectivity index (χ0) is 17.8. The standard InChI is InChI=1S/C18H22ClN5O/c1-12(25)24-4-2-13(3-5-24)8-22-15-6-14(9-21-10-15)16-7-18(20)23-11-17(16)19/h6-7,9-11,13,22H,2-5,8H2,1H3,(H2,20,23). The number of rotatable bonds is 4. The lowest BCUT2D eigenvalue weighted by Crippen LogP contribution is -2.38. The van der Waals surface area contributed by atoms with E-state index in [1.165, 1.54) is 0 Å². The highest BCUT2D eigenvalue weighted by Gasteiger charge is 2.20. The van der Waals surface area contributed by atoms with Crippen molar-refractivity contribution in [3.8, 4) is 11.1 Å². The molecule has 0 unspecified atom stereocenters. The van der Waals surface area contributed by atoms with Crippen molar-refractivity contribution >= 4 is 29.0 Å². The number of aromatic nitrogens is 2. The van der Waals surface area contributed by atoms with Crippen LogP contribution in [-0.2, 0) is 4.79 Å². The fourth-order valence-electron chi connectivity index (χ4n) is 3.07. The average Bonchev–Trinajstić information content (AvgIpc) is 2.62. The van der Waals surface area contributed by atoms with Crippen molar-refractivity contribution in [3.63, 3.8) is 0 Å². The van der Waals surface area contributed by atoms with Crippen LogP contribution in [0.15, 0.2) is 30.7 Å². The van der Waals surface area contributed by atoms with E-state index in [1.54, 1.807) is 31.6 Å². The van der Waals surface area contributed by atoms with Gasteiger partial charge in [0.15, 0.2) is 0 Å². The summed E-state index contributed by atoms with van der Waals surface area (Å²) in [6.07, 6.45) is 7.15. The van der Waals surface area contributed by atoms with E-state index in [-0.39, 0.29) is 5.91 Å². The Morgan fingerprint density at radius 3 is 2.80 bits per heavy atom. The molecule has 132 valence electrons. The predicted molar refractivity (Wildman–Crippen MR) is 100 cm³/mol. The highest BCUT2D eigenvalue weighted by Crippen LogP contribution is 2.29. The molecule has 6 nitrogen and oxygen atoms in total. The summed E-state index contributed by atoms with van der Waals surface area (Å²) in [5.74, 6) is 1.14. The van der Waals surface area contributed by atoms with Crippen molar-refractivity contribution < 1.29 is 4.79 Å². The fraction of sp³-hybridized carbons (Fsp3) is 0.389. The van der Waals surface area contributed by atoms with E-state index in [2.05, 4.69) is 15.3 Å². The summed E-state index contributed by atoms with van der Waals surface area (Å²) in [5, 5.41) is 3.99. The van der Waals surface area contributed by atoms with Gasteiger partial charge < -0.3 is 16.0 Å². The Morgan fingerprint density at radius 2 is 2.08 bits per heavy atom. The van der Waals surface area contributed by atoms with Gasteiger partial charge in [-0.1, -0.05) is 11.6 Å². The molecule has 0 aromatic carbocycles. The summed E-state index contributed by atoms with van der Waals surface area (Å²) in [4.78, 5) is 21.6. The second-order valence-electron chi connectivity index (χ2n) is 6.38. The minimum Gasteiger partial charge on any atom is -0.384 e. The van der Waals surface area contributed by atoms with E-state index in [0.717, 1.165) is 49.3 Å². The molecule has 2 aromatic heterocycles. The number of pyridine rings is 2. The second kappa shape index (κ2) is 7.70. The van der Waals surface area contributed by atoms with Crippen LogP contribution < -0.4 is 11.1 Å². The molecule has 2 aromatic rings. The van der Waals surface area contributed by atoms with Gasteiger partial charge in [-0.3, -0.25) is 9.78 Å². The molecule has 3 rings (SSSR count). The number of amides is 1. The molecule has 0 saturated carbocycles. The average molecular weight is 360 g/mol. The van der Waals surface area contributed by atoms with E-state index in [0.29, 0.717) is 16.8 Å². The number of nitrogens with two attached hydrogens (primary N) is 1. The van der Waals surface area contributed by atoms with Crippen molar-refractivity contribution in [2.24, 2.45) is 5.92 Å². The second-order valence-corrected chi connectivity index (χ2v) is 6.79. The molecule has 0 spiro atoms. The number of hydrogen-bond acceptors (Lipinski definition) is 5. The lowest BCUT2D eigenvalue weighted by Gasteiger charge is -2.31. The van der Waals surface area contributed by atoms with E-state index in [9.17, 15) is 4.79 Å². The molecule has 25 heavy (non-hydrogen) atoms. The van der Waals surface area contributed by atoms with Gasteiger partial charge in [-0.15, -0.1) is 0 Å². The monoisotopic (exact) mass is 359 g/mol. The highest BCUT2D eigenvalue weighted by molar-refractivity contribution is 6.33. The molecule has 0 bridgehead atoms. The van der Waals surface area contributed by atoms with E-state index >= 15 is 0 Å². The van der Waals surface area contributed by atoms with Gasteiger partial charge in [-0.05, 0) is 30.9 Å². The van der Waals surface area contributed by atoms with Crippen LogP contribution >= 0.6 is 11.6 Å². The molecule has 7 heteroatoms. The highest BCUT2D eigenvalue weighted by atomic mass is 35.5. The van der Waals surface area contributed by atoms with Gasteiger partial charge in [-0.25, -0.2) is 4.98 Å². The molecular formula is C18H22ClN5O. The summed E-state index contributed by atoms with van der Waals surface area (Å²) < 4.78 is 0. The van der Waals surface area contributed by atoms with Gasteiger partial charge in [0, 0.05) is 56.3 Å². The third kappa shape index (κ3) is 4.39. The van der Waals surface area contributed by atoms with Crippen molar-refractivity contribution in [2.75, 3.05) is 30.7 Å². The number of likely N-dealkylation sites (tertiary alicyclic amines) is 1. The van der Waals surface area contributed by atoms with Crippen LogP contribution in [0.4, 0.5) is 11.5 Å². The maximum Gasteiger partial charge on any atom is 0.219 e. The SMILES string of the molecule is CC(=O)N1CCC(CNc2cncc(-c3cc(N)ncc3Cl)c2)CC1. The molecule has 0 atom stereocenters. The fourth-order valence-corrected chi connectivity index (χ4v) is 3.29. The van der Waals surface area contributed by atoms with Crippen LogP contribution in [0.3, 0.4) is 0 Å². The molecule has 1 amide bonds. The van der Waals surface area contributed by atoms with Gasteiger partial charge in [0.25, 0.3) is 0 Å². The Morgan fingerprint density at radius 1 is 1.32 bits per heavy atom. The Labute approximate surface area is 152 Å². The van der Waals surface area contributed by atoms with Gasteiger partial charge in [-0.2, -0.15) is 0 Å². The summed E-state index contributed by atoms with van der Waals surface area (Å²) in [5.41, 5.74) is 8.42. The summed E-state index contributed by atoms with van der Waals surface area (Å²) >= 11 is 6.22. The predicted octanol–water partition coefficient (Wildman–Crippen LogP) is 3.05. The summed E-state index contributed by atoms with van der Waals surface area (Å²) in [6.45, 7) is 4.17. The third-order valence-electron chi connectivity index (χ3n) is 4.58. The van der Waals surface area contributed by atoms with E-state index in [1.807, 2.05) is 11.0 Å². The van der Waals surface area contributed by atoms with E-state index in [4.69, 9.17) is 17.3 Å². The van der Waals surface area contributed by atoms with Crippen molar-refractivity contribution in [1.82, 2.24) is 14.9 Å². The number of nitrogens with zero attached hydrogens (tertiary/aromatic N) is 3. The van der Waals surface area contributed by atoms with Gasteiger partial charge in [0.1, 0.15) is 5.82 Å². The van der Waals surface area contributed by atoms with Crippen molar-refractivity contribution in [3.05, 3.63) is 35.7 Å². The number of carbonyl (C=O) groups is 1. The lowest BCUT2D eigenvalue weighted by atomic mass is 9.96. The maximum absolute atomic E-state index is 11.4. The summed E-state index contributed by atoms with van der Waals surface area (Å²) in [7, 11) is 0. The Bertz CT molecular complexity index is 759. The Hall–Kier alpha value is -2.34. The zero-order valence-electron chi connectivity index (χ0n) is 14.2. The number of carbonyl (C=O) groups excluding carboxylic acids is 1. The van der Waals surface area contributed by atoms with Crippen molar-refractivity contribution in [2.45, 2.75) is 19.8 Å². The zero-order valence-corrected chi connectivity index (χ0v) is 15.0. The number of anilines is 2. The molecule has 0 aliphatic carbocycles. The first kappa shape index (κ1) is 17.5. The molecule has 1 fully saturated rings. The minimum absolute atomic E-state index is 0.164.